The summed E-state index contributed by atoms with van der Waals surface area (Å²) in [4.78, 5) is 25.3. The Labute approximate surface area is 153 Å². The fraction of sp³-hybridized carbons (Fsp3) is 0.421. The van der Waals surface area contributed by atoms with Gasteiger partial charge in [-0.15, -0.1) is 0 Å². The van der Waals surface area contributed by atoms with Gasteiger partial charge in [0.05, 0.1) is 19.2 Å². The quantitative estimate of drug-likeness (QED) is 0.783. The lowest BCUT2D eigenvalue weighted by molar-refractivity contribution is -0.137. The van der Waals surface area contributed by atoms with Gasteiger partial charge in [0, 0.05) is 18.8 Å². The number of rotatable bonds is 8. The van der Waals surface area contributed by atoms with Gasteiger partial charge < -0.3 is 14.7 Å². The van der Waals surface area contributed by atoms with Crippen LogP contribution in [0.5, 0.6) is 5.75 Å². The highest BCUT2D eigenvalue weighted by Crippen LogP contribution is 2.18. The number of carbonyl (C=O) groups excluding carboxylic acids is 1. The standard InChI is InChI=1S/C19H25N3O4/c1-13(2)12-21(10-9-18(23)24)19(25)17-11-14(3)22(20-17)15-5-7-16(26-4)8-6-15/h5-8,11,13H,9-10,12H2,1-4H3,(H,23,24). The van der Waals surface area contributed by atoms with Crippen molar-refractivity contribution in [2.75, 3.05) is 20.2 Å². The Hall–Kier alpha value is -2.83. The van der Waals surface area contributed by atoms with Gasteiger partial charge in [0.1, 0.15) is 5.75 Å². The van der Waals surface area contributed by atoms with Crippen molar-refractivity contribution < 1.29 is 19.4 Å². The molecule has 2 aromatic rings. The fourth-order valence-electron chi connectivity index (χ4n) is 2.67. The van der Waals surface area contributed by atoms with Crippen LogP contribution >= 0.6 is 0 Å². The molecule has 0 saturated carbocycles. The number of hydrogen-bond acceptors (Lipinski definition) is 4. The SMILES string of the molecule is COc1ccc(-n2nc(C(=O)N(CCC(=O)O)CC(C)C)cc2C)cc1. The molecule has 0 aliphatic rings. The summed E-state index contributed by atoms with van der Waals surface area (Å²) < 4.78 is 6.85. The van der Waals surface area contributed by atoms with Crippen molar-refractivity contribution in [2.24, 2.45) is 5.92 Å². The third-order valence-electron chi connectivity index (χ3n) is 3.89. The number of methoxy groups -OCH3 is 1. The minimum Gasteiger partial charge on any atom is -0.497 e. The molecule has 0 radical (unpaired) electrons. The highest BCUT2D eigenvalue weighted by atomic mass is 16.5. The van der Waals surface area contributed by atoms with Crippen LogP contribution in [0.15, 0.2) is 30.3 Å². The summed E-state index contributed by atoms with van der Waals surface area (Å²) in [6, 6.07) is 9.11. The summed E-state index contributed by atoms with van der Waals surface area (Å²) in [6.07, 6.45) is -0.0867. The molecule has 2 rings (SSSR count). The van der Waals surface area contributed by atoms with Crippen molar-refractivity contribution >= 4 is 11.9 Å². The lowest BCUT2D eigenvalue weighted by atomic mass is 10.2. The second-order valence-corrected chi connectivity index (χ2v) is 6.57. The molecule has 1 aromatic heterocycles. The number of aryl methyl sites for hydroxylation is 1. The number of benzene rings is 1. The van der Waals surface area contributed by atoms with E-state index in [9.17, 15) is 9.59 Å². The first kappa shape index (κ1) is 19.5. The molecule has 0 bridgehead atoms. The average Bonchev–Trinajstić information content (AvgIpc) is 2.99. The molecule has 7 nitrogen and oxygen atoms in total. The van der Waals surface area contributed by atoms with Crippen molar-refractivity contribution in [3.8, 4) is 11.4 Å². The molecule has 1 amide bonds. The lowest BCUT2D eigenvalue weighted by Crippen LogP contribution is -2.36. The number of ether oxygens (including phenoxy) is 1. The van der Waals surface area contributed by atoms with Gasteiger partial charge in [-0.05, 0) is 43.2 Å². The maximum atomic E-state index is 12.8. The summed E-state index contributed by atoms with van der Waals surface area (Å²) >= 11 is 0. The van der Waals surface area contributed by atoms with Crippen LogP contribution in [0.1, 0.15) is 36.5 Å². The largest absolute Gasteiger partial charge is 0.497 e. The minimum absolute atomic E-state index is 0.0867. The molecule has 1 N–H and O–H groups in total. The molecular weight excluding hydrogens is 334 g/mol. The summed E-state index contributed by atoms with van der Waals surface area (Å²) in [7, 11) is 1.60. The highest BCUT2D eigenvalue weighted by molar-refractivity contribution is 5.92. The Balaban J connectivity index is 2.25. The first-order valence-electron chi connectivity index (χ1n) is 8.54. The normalized spacial score (nSPS) is 10.8. The maximum absolute atomic E-state index is 12.8. The topological polar surface area (TPSA) is 84.7 Å². The third-order valence-corrected chi connectivity index (χ3v) is 3.89. The van der Waals surface area contributed by atoms with E-state index >= 15 is 0 Å². The Morgan fingerprint density at radius 2 is 1.92 bits per heavy atom. The van der Waals surface area contributed by atoms with Crippen LogP contribution in [0, 0.1) is 12.8 Å². The van der Waals surface area contributed by atoms with Crippen LogP contribution in [0.3, 0.4) is 0 Å². The molecule has 1 aromatic carbocycles. The monoisotopic (exact) mass is 359 g/mol. The van der Waals surface area contributed by atoms with Gasteiger partial charge >= 0.3 is 5.97 Å². The molecule has 140 valence electrons. The van der Waals surface area contributed by atoms with Crippen LogP contribution in [-0.4, -0.2) is 51.9 Å². The molecule has 0 spiro atoms. The number of aliphatic carboxylic acids is 1. The molecule has 0 aliphatic carbocycles. The van der Waals surface area contributed by atoms with E-state index in [1.165, 1.54) is 0 Å². The van der Waals surface area contributed by atoms with Gasteiger partial charge in [0.2, 0.25) is 0 Å². The van der Waals surface area contributed by atoms with Crippen LogP contribution in [0.2, 0.25) is 0 Å². The maximum Gasteiger partial charge on any atom is 0.305 e. The first-order chi connectivity index (χ1) is 12.3. The third kappa shape index (κ3) is 4.84. The molecular formula is C19H25N3O4. The van der Waals surface area contributed by atoms with Crippen LogP contribution < -0.4 is 4.74 Å². The Bertz CT molecular complexity index is 766. The number of carbonyl (C=O) groups is 2. The van der Waals surface area contributed by atoms with E-state index < -0.39 is 5.97 Å². The lowest BCUT2D eigenvalue weighted by Gasteiger charge is -2.23. The number of carboxylic acid groups (broad SMARTS) is 1. The predicted molar refractivity (Wildman–Crippen MR) is 97.8 cm³/mol. The number of hydrogen-bond donors (Lipinski definition) is 1. The van der Waals surface area contributed by atoms with E-state index in [2.05, 4.69) is 5.10 Å². The summed E-state index contributed by atoms with van der Waals surface area (Å²) in [5.74, 6) is -0.203. The average molecular weight is 359 g/mol. The van der Waals surface area contributed by atoms with E-state index in [1.807, 2.05) is 45.0 Å². The molecule has 0 saturated heterocycles. The van der Waals surface area contributed by atoms with E-state index in [4.69, 9.17) is 9.84 Å². The highest BCUT2D eigenvalue weighted by Gasteiger charge is 2.21. The van der Waals surface area contributed by atoms with E-state index in [0.29, 0.717) is 12.2 Å². The molecule has 0 unspecified atom stereocenters. The zero-order valence-corrected chi connectivity index (χ0v) is 15.6. The Kier molecular flexibility index (Phi) is 6.38. The van der Waals surface area contributed by atoms with Crippen LogP contribution in [-0.2, 0) is 4.79 Å². The van der Waals surface area contributed by atoms with Gasteiger partial charge in [0.15, 0.2) is 5.69 Å². The second-order valence-electron chi connectivity index (χ2n) is 6.57. The predicted octanol–water partition coefficient (Wildman–Crippen LogP) is 2.76. The Morgan fingerprint density at radius 1 is 1.27 bits per heavy atom. The van der Waals surface area contributed by atoms with Gasteiger partial charge in [-0.3, -0.25) is 9.59 Å². The first-order valence-corrected chi connectivity index (χ1v) is 8.54. The second kappa shape index (κ2) is 8.51. The van der Waals surface area contributed by atoms with Gasteiger partial charge in [0.25, 0.3) is 5.91 Å². The Morgan fingerprint density at radius 3 is 2.46 bits per heavy atom. The summed E-state index contributed by atoms with van der Waals surface area (Å²) in [6.45, 7) is 6.50. The molecule has 1 heterocycles. The molecule has 26 heavy (non-hydrogen) atoms. The number of aromatic nitrogens is 2. The van der Waals surface area contributed by atoms with Gasteiger partial charge in [-0.1, -0.05) is 13.8 Å². The number of nitrogens with zero attached hydrogens (tertiary/aromatic N) is 3. The fourth-order valence-corrected chi connectivity index (χ4v) is 2.67. The number of carboxylic acids is 1. The van der Waals surface area contributed by atoms with E-state index in [-0.39, 0.29) is 24.8 Å². The van der Waals surface area contributed by atoms with Crippen molar-refractivity contribution in [3.63, 3.8) is 0 Å². The summed E-state index contributed by atoms with van der Waals surface area (Å²) in [5, 5.41) is 13.3. The van der Waals surface area contributed by atoms with Crippen LogP contribution in [0.25, 0.3) is 5.69 Å². The number of amides is 1. The zero-order chi connectivity index (χ0) is 19.3. The minimum atomic E-state index is -0.925. The van der Waals surface area contributed by atoms with E-state index in [0.717, 1.165) is 17.1 Å². The van der Waals surface area contributed by atoms with Crippen molar-refractivity contribution in [2.45, 2.75) is 27.2 Å². The zero-order valence-electron chi connectivity index (χ0n) is 15.6. The van der Waals surface area contributed by atoms with E-state index in [1.54, 1.807) is 22.8 Å². The van der Waals surface area contributed by atoms with Crippen molar-refractivity contribution in [3.05, 3.63) is 41.7 Å². The summed E-state index contributed by atoms with van der Waals surface area (Å²) in [5.41, 5.74) is 1.95. The van der Waals surface area contributed by atoms with Crippen LogP contribution in [0.4, 0.5) is 0 Å². The molecule has 0 aliphatic heterocycles. The molecule has 0 fully saturated rings. The van der Waals surface area contributed by atoms with Gasteiger partial charge in [-0.25, -0.2) is 4.68 Å². The van der Waals surface area contributed by atoms with Crippen molar-refractivity contribution in [1.82, 2.24) is 14.7 Å². The smallest absolute Gasteiger partial charge is 0.305 e. The van der Waals surface area contributed by atoms with Gasteiger partial charge in [-0.2, -0.15) is 5.10 Å². The molecule has 0 atom stereocenters. The van der Waals surface area contributed by atoms with Crippen molar-refractivity contribution in [1.29, 1.82) is 0 Å². The molecule has 7 heteroatoms.